The second-order valence-corrected chi connectivity index (χ2v) is 8.30. The highest BCUT2D eigenvalue weighted by atomic mass is 35.5. The van der Waals surface area contributed by atoms with Crippen molar-refractivity contribution in [2.75, 3.05) is 13.6 Å². The molecule has 0 radical (unpaired) electrons. The van der Waals surface area contributed by atoms with Crippen LogP contribution in [0.1, 0.15) is 43.2 Å². The monoisotopic (exact) mass is 329 g/mol. The van der Waals surface area contributed by atoms with Gasteiger partial charge in [-0.2, -0.15) is 0 Å². The number of alkyl halides is 1. The lowest BCUT2D eigenvalue weighted by molar-refractivity contribution is 0.300. The molecule has 5 heteroatoms. The number of benzene rings is 1. The molecular formula is C16H24ClNO2S. The fourth-order valence-corrected chi connectivity index (χ4v) is 4.69. The summed E-state index contributed by atoms with van der Waals surface area (Å²) in [6, 6.07) is 5.41. The lowest BCUT2D eigenvalue weighted by Crippen LogP contribution is -2.33. The van der Waals surface area contributed by atoms with Gasteiger partial charge in [0.15, 0.2) is 0 Å². The molecule has 0 N–H and O–H groups in total. The van der Waals surface area contributed by atoms with E-state index in [9.17, 15) is 8.42 Å². The van der Waals surface area contributed by atoms with Crippen LogP contribution in [0.15, 0.2) is 23.1 Å². The van der Waals surface area contributed by atoms with Gasteiger partial charge in [-0.05, 0) is 42.9 Å². The fourth-order valence-electron chi connectivity index (χ4n) is 3.00. The van der Waals surface area contributed by atoms with Crippen LogP contribution >= 0.6 is 11.6 Å². The van der Waals surface area contributed by atoms with Gasteiger partial charge in [0.05, 0.1) is 4.90 Å². The zero-order chi connectivity index (χ0) is 15.5. The van der Waals surface area contributed by atoms with Gasteiger partial charge in [-0.15, -0.1) is 11.6 Å². The summed E-state index contributed by atoms with van der Waals surface area (Å²) >= 11 is 5.83. The molecule has 1 aliphatic carbocycles. The molecule has 3 nitrogen and oxygen atoms in total. The second kappa shape index (κ2) is 7.12. The van der Waals surface area contributed by atoms with Gasteiger partial charge in [0.1, 0.15) is 0 Å². The third-order valence-electron chi connectivity index (χ3n) is 4.34. The minimum atomic E-state index is -3.43. The van der Waals surface area contributed by atoms with Crippen molar-refractivity contribution in [3.05, 3.63) is 29.3 Å². The highest BCUT2D eigenvalue weighted by Gasteiger charge is 2.26. The van der Waals surface area contributed by atoms with Gasteiger partial charge in [-0.3, -0.25) is 0 Å². The number of nitrogens with zero attached hydrogens (tertiary/aromatic N) is 1. The number of hydrogen-bond donors (Lipinski definition) is 0. The predicted octanol–water partition coefficient (Wildman–Crippen LogP) is 3.93. The Morgan fingerprint density at radius 3 is 2.52 bits per heavy atom. The first-order valence-corrected chi connectivity index (χ1v) is 9.54. The van der Waals surface area contributed by atoms with Crippen LogP contribution < -0.4 is 0 Å². The normalized spacial score (nSPS) is 17.3. The Labute approximate surface area is 133 Å². The molecule has 0 amide bonds. The Morgan fingerprint density at radius 1 is 1.24 bits per heavy atom. The average Bonchev–Trinajstić information content (AvgIpc) is 2.48. The van der Waals surface area contributed by atoms with E-state index in [1.54, 1.807) is 13.1 Å². The molecule has 0 saturated heterocycles. The van der Waals surface area contributed by atoms with Gasteiger partial charge in [0.2, 0.25) is 10.0 Å². The van der Waals surface area contributed by atoms with E-state index < -0.39 is 10.0 Å². The molecule has 1 saturated carbocycles. The summed E-state index contributed by atoms with van der Waals surface area (Å²) in [5.41, 5.74) is 1.62. The Hall–Kier alpha value is -0.580. The third kappa shape index (κ3) is 3.99. The summed E-state index contributed by atoms with van der Waals surface area (Å²) in [5.74, 6) is 0.824. The van der Waals surface area contributed by atoms with Gasteiger partial charge in [0, 0.05) is 19.5 Å². The van der Waals surface area contributed by atoms with Gasteiger partial charge in [0.25, 0.3) is 0 Å². The summed E-state index contributed by atoms with van der Waals surface area (Å²) in [5, 5.41) is 0. The van der Waals surface area contributed by atoms with Crippen LogP contribution in [0.2, 0.25) is 0 Å². The number of hydrogen-bond acceptors (Lipinski definition) is 2. The molecule has 0 spiro atoms. The van der Waals surface area contributed by atoms with E-state index in [1.807, 2.05) is 19.1 Å². The molecule has 0 unspecified atom stereocenters. The van der Waals surface area contributed by atoms with Crippen LogP contribution in [0, 0.1) is 12.8 Å². The largest absolute Gasteiger partial charge is 0.243 e. The molecular weight excluding hydrogens is 306 g/mol. The fraction of sp³-hybridized carbons (Fsp3) is 0.625. The summed E-state index contributed by atoms with van der Waals surface area (Å²) in [4.78, 5) is 0.388. The first-order valence-electron chi connectivity index (χ1n) is 7.57. The maximum Gasteiger partial charge on any atom is 0.243 e. The first kappa shape index (κ1) is 16.8. The van der Waals surface area contributed by atoms with E-state index in [0.29, 0.717) is 23.2 Å². The summed E-state index contributed by atoms with van der Waals surface area (Å²) in [7, 11) is -1.74. The molecule has 0 aliphatic heterocycles. The van der Waals surface area contributed by atoms with E-state index in [2.05, 4.69) is 0 Å². The highest BCUT2D eigenvalue weighted by molar-refractivity contribution is 7.89. The average molecular weight is 330 g/mol. The number of halogens is 1. The minimum Gasteiger partial charge on any atom is -0.207 e. The molecule has 1 fully saturated rings. The van der Waals surface area contributed by atoms with Crippen LogP contribution in [0.25, 0.3) is 0 Å². The van der Waals surface area contributed by atoms with Crippen molar-refractivity contribution < 1.29 is 8.42 Å². The molecule has 21 heavy (non-hydrogen) atoms. The summed E-state index contributed by atoms with van der Waals surface area (Å²) < 4.78 is 27.1. The van der Waals surface area contributed by atoms with Crippen molar-refractivity contribution in [1.29, 1.82) is 0 Å². The smallest absolute Gasteiger partial charge is 0.207 e. The topological polar surface area (TPSA) is 37.4 Å². The Balaban J connectivity index is 2.20. The standard InChI is InChI=1S/C16H24ClNO2S/c1-13-8-9-15(11-17)10-16(13)21(19,20)18(2)12-14-6-4-3-5-7-14/h8-10,14H,3-7,11-12H2,1-2H3. The zero-order valence-corrected chi connectivity index (χ0v) is 14.4. The van der Waals surface area contributed by atoms with E-state index in [4.69, 9.17) is 11.6 Å². The molecule has 1 aliphatic rings. The van der Waals surface area contributed by atoms with Crippen LogP contribution in [-0.2, 0) is 15.9 Å². The maximum absolute atomic E-state index is 12.8. The second-order valence-electron chi connectivity index (χ2n) is 6.02. The van der Waals surface area contributed by atoms with Crippen molar-refractivity contribution in [3.63, 3.8) is 0 Å². The molecule has 0 bridgehead atoms. The third-order valence-corrected chi connectivity index (χ3v) is 6.61. The van der Waals surface area contributed by atoms with E-state index in [1.165, 1.54) is 23.6 Å². The molecule has 2 rings (SSSR count). The van der Waals surface area contributed by atoms with Gasteiger partial charge in [-0.1, -0.05) is 31.4 Å². The van der Waals surface area contributed by atoms with E-state index in [-0.39, 0.29) is 0 Å². The first-order chi connectivity index (χ1) is 9.95. The lowest BCUT2D eigenvalue weighted by Gasteiger charge is -2.27. The van der Waals surface area contributed by atoms with Crippen LogP contribution in [-0.4, -0.2) is 26.3 Å². The minimum absolute atomic E-state index is 0.329. The van der Waals surface area contributed by atoms with E-state index >= 15 is 0 Å². The predicted molar refractivity (Wildman–Crippen MR) is 87.1 cm³/mol. The van der Waals surface area contributed by atoms with Crippen LogP contribution in [0.5, 0.6) is 0 Å². The van der Waals surface area contributed by atoms with Crippen molar-refractivity contribution in [1.82, 2.24) is 4.31 Å². The molecule has 0 heterocycles. The van der Waals surface area contributed by atoms with Crippen molar-refractivity contribution in [3.8, 4) is 0 Å². The maximum atomic E-state index is 12.8. The highest BCUT2D eigenvalue weighted by Crippen LogP contribution is 2.27. The number of sulfonamides is 1. The van der Waals surface area contributed by atoms with Gasteiger partial charge >= 0.3 is 0 Å². The molecule has 0 atom stereocenters. The Bertz CT molecular complexity index is 580. The quantitative estimate of drug-likeness (QED) is 0.767. The zero-order valence-electron chi connectivity index (χ0n) is 12.8. The number of aryl methyl sites for hydroxylation is 1. The van der Waals surface area contributed by atoms with Gasteiger partial charge in [-0.25, -0.2) is 12.7 Å². The lowest BCUT2D eigenvalue weighted by atomic mass is 9.89. The Kier molecular flexibility index (Phi) is 5.69. The summed E-state index contributed by atoms with van der Waals surface area (Å²) in [6.07, 6.45) is 6.00. The molecule has 118 valence electrons. The van der Waals surface area contributed by atoms with Crippen molar-refractivity contribution >= 4 is 21.6 Å². The molecule has 1 aromatic carbocycles. The number of rotatable bonds is 5. The van der Waals surface area contributed by atoms with E-state index in [0.717, 1.165) is 24.0 Å². The van der Waals surface area contributed by atoms with Crippen LogP contribution in [0.4, 0.5) is 0 Å². The molecule has 0 aromatic heterocycles. The van der Waals surface area contributed by atoms with Crippen LogP contribution in [0.3, 0.4) is 0 Å². The van der Waals surface area contributed by atoms with Crippen molar-refractivity contribution in [2.45, 2.75) is 49.8 Å². The van der Waals surface area contributed by atoms with Crippen molar-refractivity contribution in [2.24, 2.45) is 5.92 Å². The summed E-state index contributed by atoms with van der Waals surface area (Å²) in [6.45, 7) is 2.45. The SMILES string of the molecule is Cc1ccc(CCl)cc1S(=O)(=O)N(C)CC1CCCCC1. The Morgan fingerprint density at radius 2 is 1.90 bits per heavy atom. The molecule has 1 aromatic rings. The van der Waals surface area contributed by atoms with Gasteiger partial charge < -0.3 is 0 Å².